The van der Waals surface area contributed by atoms with Gasteiger partial charge in [-0.15, -0.1) is 11.3 Å². The number of carbonyl (C=O) groups is 1. The molecule has 1 saturated heterocycles. The van der Waals surface area contributed by atoms with Gasteiger partial charge in [0, 0.05) is 25.0 Å². The smallest absolute Gasteiger partial charge is 0.334 e. The molecule has 1 atom stereocenters. The van der Waals surface area contributed by atoms with Crippen molar-refractivity contribution < 1.29 is 14.6 Å². The van der Waals surface area contributed by atoms with Crippen LogP contribution in [0.4, 0.5) is 0 Å². The number of hydrogen-bond donors (Lipinski definition) is 1. The Morgan fingerprint density at radius 1 is 1.72 bits per heavy atom. The molecule has 6 heteroatoms. The van der Waals surface area contributed by atoms with Crippen LogP contribution >= 0.6 is 11.3 Å². The number of aromatic nitrogens is 1. The number of aliphatic carboxylic acids is 1. The van der Waals surface area contributed by atoms with E-state index in [1.165, 1.54) is 0 Å². The monoisotopic (exact) mass is 270 g/mol. The summed E-state index contributed by atoms with van der Waals surface area (Å²) in [5.41, 5.74) is 1.04. The lowest BCUT2D eigenvalue weighted by Gasteiger charge is -2.30. The van der Waals surface area contributed by atoms with Gasteiger partial charge < -0.3 is 9.84 Å². The van der Waals surface area contributed by atoms with Gasteiger partial charge in [-0.2, -0.15) is 0 Å². The summed E-state index contributed by atoms with van der Waals surface area (Å²) in [7, 11) is 0. The highest BCUT2D eigenvalue weighted by molar-refractivity contribution is 7.09. The van der Waals surface area contributed by atoms with E-state index >= 15 is 0 Å². The third kappa shape index (κ3) is 3.51. The molecular formula is C12H18N2O3S. The molecule has 1 aromatic rings. The van der Waals surface area contributed by atoms with Gasteiger partial charge in [0.15, 0.2) is 6.10 Å². The summed E-state index contributed by atoms with van der Waals surface area (Å²) in [4.78, 5) is 17.5. The van der Waals surface area contributed by atoms with Gasteiger partial charge in [-0.1, -0.05) is 6.92 Å². The van der Waals surface area contributed by atoms with E-state index in [4.69, 9.17) is 9.84 Å². The number of carboxylic acid groups (broad SMARTS) is 1. The quantitative estimate of drug-likeness (QED) is 0.876. The van der Waals surface area contributed by atoms with E-state index in [9.17, 15) is 4.79 Å². The Labute approximate surface area is 110 Å². The number of rotatable bonds is 5. The molecule has 0 aliphatic carbocycles. The van der Waals surface area contributed by atoms with Gasteiger partial charge in [-0.25, -0.2) is 9.78 Å². The minimum atomic E-state index is -0.885. The third-order valence-corrected chi connectivity index (χ3v) is 3.83. The van der Waals surface area contributed by atoms with Gasteiger partial charge in [0.05, 0.1) is 17.3 Å². The van der Waals surface area contributed by atoms with Crippen molar-refractivity contribution in [1.82, 2.24) is 9.88 Å². The number of carboxylic acids is 1. The van der Waals surface area contributed by atoms with E-state index < -0.39 is 12.1 Å². The molecule has 0 radical (unpaired) electrons. The maximum Gasteiger partial charge on any atom is 0.334 e. The lowest BCUT2D eigenvalue weighted by molar-refractivity contribution is -0.156. The molecule has 0 spiro atoms. The number of thiazole rings is 1. The van der Waals surface area contributed by atoms with Crippen molar-refractivity contribution in [1.29, 1.82) is 0 Å². The number of ether oxygens (including phenoxy) is 1. The van der Waals surface area contributed by atoms with Crippen molar-refractivity contribution in [3.63, 3.8) is 0 Å². The van der Waals surface area contributed by atoms with Crippen LogP contribution in [0.25, 0.3) is 0 Å². The van der Waals surface area contributed by atoms with Crippen LogP contribution in [-0.4, -0.2) is 46.8 Å². The van der Waals surface area contributed by atoms with Crippen molar-refractivity contribution in [2.24, 2.45) is 0 Å². The Morgan fingerprint density at radius 2 is 2.56 bits per heavy atom. The Hall–Kier alpha value is -0.980. The molecule has 0 bridgehead atoms. The first kappa shape index (κ1) is 13.5. The zero-order valence-corrected chi connectivity index (χ0v) is 11.3. The Kier molecular flexibility index (Phi) is 4.68. The highest BCUT2D eigenvalue weighted by Gasteiger charge is 2.26. The standard InChI is InChI=1S/C12H18N2O3S/c1-2-3-11-13-9(8-18-11)6-14-4-5-17-10(7-14)12(15)16/h8,10H,2-7H2,1H3,(H,15,16). The molecule has 1 fully saturated rings. The van der Waals surface area contributed by atoms with Crippen molar-refractivity contribution in [2.75, 3.05) is 19.7 Å². The first-order valence-electron chi connectivity index (χ1n) is 6.19. The lowest BCUT2D eigenvalue weighted by atomic mass is 10.2. The van der Waals surface area contributed by atoms with Crippen LogP contribution in [-0.2, 0) is 22.5 Å². The molecule has 1 aliphatic heterocycles. The molecular weight excluding hydrogens is 252 g/mol. The Morgan fingerprint density at radius 3 is 3.28 bits per heavy atom. The van der Waals surface area contributed by atoms with E-state index in [1.807, 2.05) is 0 Å². The van der Waals surface area contributed by atoms with Crippen molar-refractivity contribution in [3.8, 4) is 0 Å². The molecule has 5 nitrogen and oxygen atoms in total. The molecule has 1 N–H and O–H groups in total. The number of morpholine rings is 1. The molecule has 0 saturated carbocycles. The maximum absolute atomic E-state index is 10.9. The van der Waals surface area contributed by atoms with Crippen LogP contribution < -0.4 is 0 Å². The van der Waals surface area contributed by atoms with Crippen LogP contribution in [0.15, 0.2) is 5.38 Å². The van der Waals surface area contributed by atoms with Crippen LogP contribution in [0.5, 0.6) is 0 Å². The van der Waals surface area contributed by atoms with Crippen LogP contribution in [0.3, 0.4) is 0 Å². The molecule has 1 aromatic heterocycles. The SMILES string of the molecule is CCCc1nc(CN2CCOC(C(=O)O)C2)cs1. The van der Waals surface area contributed by atoms with Gasteiger partial charge in [0.1, 0.15) is 0 Å². The van der Waals surface area contributed by atoms with Gasteiger partial charge >= 0.3 is 5.97 Å². The van der Waals surface area contributed by atoms with Crippen molar-refractivity contribution in [2.45, 2.75) is 32.4 Å². The summed E-state index contributed by atoms with van der Waals surface area (Å²) in [6.07, 6.45) is 1.42. The summed E-state index contributed by atoms with van der Waals surface area (Å²) in [6, 6.07) is 0. The zero-order chi connectivity index (χ0) is 13.0. The molecule has 0 amide bonds. The van der Waals surface area contributed by atoms with E-state index in [0.717, 1.165) is 30.1 Å². The second-order valence-electron chi connectivity index (χ2n) is 4.42. The normalized spacial score (nSPS) is 21.1. The topological polar surface area (TPSA) is 62.7 Å². The Balaban J connectivity index is 1.89. The first-order valence-corrected chi connectivity index (χ1v) is 7.07. The zero-order valence-electron chi connectivity index (χ0n) is 10.5. The summed E-state index contributed by atoms with van der Waals surface area (Å²) in [6.45, 7) is 4.54. The predicted molar refractivity (Wildman–Crippen MR) is 68.8 cm³/mol. The second kappa shape index (κ2) is 6.26. The summed E-state index contributed by atoms with van der Waals surface area (Å²) in [5.74, 6) is -0.885. The van der Waals surface area contributed by atoms with Crippen molar-refractivity contribution in [3.05, 3.63) is 16.1 Å². The van der Waals surface area contributed by atoms with Crippen LogP contribution in [0, 0.1) is 0 Å². The van der Waals surface area contributed by atoms with Gasteiger partial charge in [0.25, 0.3) is 0 Å². The Bertz CT molecular complexity index is 408. The molecule has 2 rings (SSSR count). The fourth-order valence-corrected chi connectivity index (χ4v) is 2.87. The lowest BCUT2D eigenvalue weighted by Crippen LogP contribution is -2.45. The largest absolute Gasteiger partial charge is 0.479 e. The maximum atomic E-state index is 10.9. The molecule has 1 unspecified atom stereocenters. The molecule has 2 heterocycles. The summed E-state index contributed by atoms with van der Waals surface area (Å²) >= 11 is 1.68. The average Bonchev–Trinajstić information content (AvgIpc) is 2.77. The average molecular weight is 270 g/mol. The molecule has 0 aromatic carbocycles. The first-order chi connectivity index (χ1) is 8.69. The summed E-state index contributed by atoms with van der Waals surface area (Å²) < 4.78 is 5.19. The highest BCUT2D eigenvalue weighted by atomic mass is 32.1. The molecule has 1 aliphatic rings. The fourth-order valence-electron chi connectivity index (χ4n) is 1.97. The fraction of sp³-hybridized carbons (Fsp3) is 0.667. The van der Waals surface area contributed by atoms with Gasteiger partial charge in [0.2, 0.25) is 0 Å². The van der Waals surface area contributed by atoms with Crippen molar-refractivity contribution >= 4 is 17.3 Å². The highest BCUT2D eigenvalue weighted by Crippen LogP contribution is 2.15. The molecule has 100 valence electrons. The van der Waals surface area contributed by atoms with Crippen LogP contribution in [0.1, 0.15) is 24.0 Å². The second-order valence-corrected chi connectivity index (χ2v) is 5.36. The number of aryl methyl sites for hydroxylation is 1. The summed E-state index contributed by atoms with van der Waals surface area (Å²) in [5, 5.41) is 12.2. The number of hydrogen-bond acceptors (Lipinski definition) is 5. The van der Waals surface area contributed by atoms with E-state index in [-0.39, 0.29) is 0 Å². The number of nitrogens with zero attached hydrogens (tertiary/aromatic N) is 2. The minimum Gasteiger partial charge on any atom is -0.479 e. The van der Waals surface area contributed by atoms with E-state index in [2.05, 4.69) is 22.2 Å². The third-order valence-electron chi connectivity index (χ3n) is 2.87. The minimum absolute atomic E-state index is 0.440. The van der Waals surface area contributed by atoms with E-state index in [1.54, 1.807) is 11.3 Å². The van der Waals surface area contributed by atoms with E-state index in [0.29, 0.717) is 19.7 Å². The van der Waals surface area contributed by atoms with Gasteiger partial charge in [-0.3, -0.25) is 4.90 Å². The predicted octanol–water partition coefficient (Wildman–Crippen LogP) is 1.38. The van der Waals surface area contributed by atoms with Gasteiger partial charge in [-0.05, 0) is 12.8 Å². The van der Waals surface area contributed by atoms with Crippen LogP contribution in [0.2, 0.25) is 0 Å². The molecule has 18 heavy (non-hydrogen) atoms.